The van der Waals surface area contributed by atoms with Gasteiger partial charge in [0.25, 0.3) is 0 Å². The first-order chi connectivity index (χ1) is 8.30. The number of hydrogen-bond donors (Lipinski definition) is 1. The predicted octanol–water partition coefficient (Wildman–Crippen LogP) is 2.92. The maximum Gasteiger partial charge on any atom is 0.0457 e. The Kier molecular flexibility index (Phi) is 2.79. The van der Waals surface area contributed by atoms with Gasteiger partial charge in [0.2, 0.25) is 0 Å². The number of rotatable bonds is 2. The van der Waals surface area contributed by atoms with Gasteiger partial charge in [-0.2, -0.15) is 0 Å². The highest BCUT2D eigenvalue weighted by Gasteiger charge is 2.50. The summed E-state index contributed by atoms with van der Waals surface area (Å²) in [5, 5.41) is 3.56. The standard InChI is InChI=1S/C16H21N/c1-2-3-4-5-6-17-16-10-13-7-14(11-16)9-15(8-13)12-16/h1,13-15,17H,3-4,7-12H2. The van der Waals surface area contributed by atoms with Crippen LogP contribution in [0.4, 0.5) is 0 Å². The molecule has 17 heavy (non-hydrogen) atoms. The van der Waals surface area contributed by atoms with Crippen molar-refractivity contribution in [2.45, 2.75) is 56.9 Å². The topological polar surface area (TPSA) is 12.0 Å². The molecule has 4 rings (SSSR count). The molecule has 1 N–H and O–H groups in total. The fourth-order valence-electron chi connectivity index (χ4n) is 4.64. The molecule has 0 aromatic heterocycles. The summed E-state index contributed by atoms with van der Waals surface area (Å²) in [5.41, 5.74) is 0.373. The van der Waals surface area contributed by atoms with Crippen LogP contribution in [0.25, 0.3) is 0 Å². The van der Waals surface area contributed by atoms with E-state index in [1.807, 2.05) is 0 Å². The quantitative estimate of drug-likeness (QED) is 0.434. The molecule has 0 amide bonds. The lowest BCUT2D eigenvalue weighted by atomic mass is 9.53. The van der Waals surface area contributed by atoms with Gasteiger partial charge in [0.15, 0.2) is 0 Å². The fraction of sp³-hybridized carbons (Fsp3) is 0.750. The van der Waals surface area contributed by atoms with Crippen LogP contribution < -0.4 is 5.32 Å². The summed E-state index contributed by atoms with van der Waals surface area (Å²) in [5.74, 6) is 8.75. The van der Waals surface area contributed by atoms with Gasteiger partial charge < -0.3 is 5.32 Å². The number of hydrogen-bond acceptors (Lipinski definition) is 1. The minimum absolute atomic E-state index is 0.373. The van der Waals surface area contributed by atoms with E-state index >= 15 is 0 Å². The second kappa shape index (κ2) is 4.30. The summed E-state index contributed by atoms with van der Waals surface area (Å²) in [6, 6.07) is 3.18. The Bertz CT molecular complexity index is 355. The first-order valence-corrected chi connectivity index (χ1v) is 6.98. The van der Waals surface area contributed by atoms with Gasteiger partial charge in [0.1, 0.15) is 0 Å². The monoisotopic (exact) mass is 227 g/mol. The Labute approximate surface area is 105 Å². The molecule has 4 aliphatic carbocycles. The van der Waals surface area contributed by atoms with Crippen LogP contribution in [0.15, 0.2) is 0 Å². The molecule has 0 atom stereocenters. The van der Waals surface area contributed by atoms with E-state index in [1.54, 1.807) is 0 Å². The van der Waals surface area contributed by atoms with Crippen LogP contribution in [0, 0.1) is 42.1 Å². The molecule has 1 nitrogen and oxygen atoms in total. The van der Waals surface area contributed by atoms with E-state index in [4.69, 9.17) is 6.42 Å². The summed E-state index contributed by atoms with van der Waals surface area (Å²) < 4.78 is 0. The van der Waals surface area contributed by atoms with Gasteiger partial charge in [-0.15, -0.1) is 12.3 Å². The molecular weight excluding hydrogens is 206 g/mol. The van der Waals surface area contributed by atoms with E-state index in [0.717, 1.165) is 30.6 Å². The van der Waals surface area contributed by atoms with Crippen molar-refractivity contribution >= 4 is 0 Å². The van der Waals surface area contributed by atoms with Crippen molar-refractivity contribution in [3.8, 4) is 24.3 Å². The van der Waals surface area contributed by atoms with E-state index in [-0.39, 0.29) is 0 Å². The normalized spacial score (nSPS) is 41.5. The van der Waals surface area contributed by atoms with E-state index in [2.05, 4.69) is 23.2 Å². The van der Waals surface area contributed by atoms with Crippen LogP contribution in [0.2, 0.25) is 0 Å². The van der Waals surface area contributed by atoms with Crippen molar-refractivity contribution in [3.63, 3.8) is 0 Å². The molecule has 4 saturated carbocycles. The lowest BCUT2D eigenvalue weighted by Crippen LogP contribution is -2.57. The summed E-state index contributed by atoms with van der Waals surface area (Å²) >= 11 is 0. The molecule has 0 heterocycles. The summed E-state index contributed by atoms with van der Waals surface area (Å²) in [6.07, 6.45) is 15.4. The van der Waals surface area contributed by atoms with Gasteiger partial charge in [-0.3, -0.25) is 0 Å². The van der Waals surface area contributed by atoms with E-state index in [9.17, 15) is 0 Å². The maximum atomic E-state index is 5.22. The third-order valence-electron chi connectivity index (χ3n) is 4.85. The molecule has 0 radical (unpaired) electrons. The van der Waals surface area contributed by atoms with Gasteiger partial charge in [0, 0.05) is 24.4 Å². The zero-order valence-electron chi connectivity index (χ0n) is 10.5. The smallest absolute Gasteiger partial charge is 0.0457 e. The third kappa shape index (κ3) is 2.16. The fourth-order valence-corrected chi connectivity index (χ4v) is 4.64. The first-order valence-electron chi connectivity index (χ1n) is 6.98. The second-order valence-corrected chi connectivity index (χ2v) is 6.33. The highest BCUT2D eigenvalue weighted by atomic mass is 15.0. The molecule has 0 aromatic carbocycles. The minimum atomic E-state index is 0.373. The van der Waals surface area contributed by atoms with E-state index in [0.29, 0.717) is 5.54 Å². The van der Waals surface area contributed by atoms with E-state index < -0.39 is 0 Å². The van der Waals surface area contributed by atoms with Crippen molar-refractivity contribution in [2.75, 3.05) is 0 Å². The average molecular weight is 227 g/mol. The van der Waals surface area contributed by atoms with Gasteiger partial charge >= 0.3 is 0 Å². The SMILES string of the molecule is C#CCCC#CNC12CC3CC(CC(C3)C1)C2. The van der Waals surface area contributed by atoms with Crippen LogP contribution in [-0.4, -0.2) is 5.54 Å². The largest absolute Gasteiger partial charge is 0.340 e. The van der Waals surface area contributed by atoms with Gasteiger partial charge in [-0.25, -0.2) is 0 Å². The number of nitrogens with one attached hydrogen (secondary N) is 1. The Hall–Kier alpha value is -1.08. The zero-order chi connectivity index (χ0) is 11.7. The van der Waals surface area contributed by atoms with Crippen molar-refractivity contribution in [2.24, 2.45) is 17.8 Å². The highest BCUT2D eigenvalue weighted by molar-refractivity contribution is 5.12. The summed E-state index contributed by atoms with van der Waals surface area (Å²) in [4.78, 5) is 0. The van der Waals surface area contributed by atoms with Crippen molar-refractivity contribution in [1.82, 2.24) is 5.32 Å². The highest BCUT2D eigenvalue weighted by Crippen LogP contribution is 2.55. The lowest BCUT2D eigenvalue weighted by molar-refractivity contribution is -0.0115. The third-order valence-corrected chi connectivity index (χ3v) is 4.85. The molecule has 90 valence electrons. The minimum Gasteiger partial charge on any atom is -0.340 e. The molecule has 4 fully saturated rings. The molecule has 0 aliphatic heterocycles. The van der Waals surface area contributed by atoms with Crippen molar-refractivity contribution < 1.29 is 0 Å². The molecule has 0 spiro atoms. The Balaban J connectivity index is 1.62. The first kappa shape index (κ1) is 11.0. The van der Waals surface area contributed by atoms with Gasteiger partial charge in [-0.1, -0.05) is 5.92 Å². The van der Waals surface area contributed by atoms with Crippen LogP contribution in [-0.2, 0) is 0 Å². The number of terminal acetylenes is 1. The number of unbranched alkanes of at least 4 members (excludes halogenated alkanes) is 1. The van der Waals surface area contributed by atoms with Gasteiger partial charge in [-0.05, 0) is 56.3 Å². The predicted molar refractivity (Wildman–Crippen MR) is 69.9 cm³/mol. The maximum absolute atomic E-state index is 5.22. The lowest BCUT2D eigenvalue weighted by Gasteiger charge is -2.56. The average Bonchev–Trinajstić information content (AvgIpc) is 2.26. The zero-order valence-corrected chi connectivity index (χ0v) is 10.5. The van der Waals surface area contributed by atoms with Gasteiger partial charge in [0.05, 0.1) is 0 Å². The van der Waals surface area contributed by atoms with E-state index in [1.165, 1.54) is 38.5 Å². The Morgan fingerprint density at radius 1 is 1.00 bits per heavy atom. The molecule has 0 unspecified atom stereocenters. The van der Waals surface area contributed by atoms with Crippen LogP contribution in [0.3, 0.4) is 0 Å². The van der Waals surface area contributed by atoms with Crippen LogP contribution in [0.1, 0.15) is 51.4 Å². The molecule has 1 heteroatoms. The van der Waals surface area contributed by atoms with Crippen molar-refractivity contribution in [3.05, 3.63) is 0 Å². The molecule has 4 bridgehead atoms. The van der Waals surface area contributed by atoms with Crippen LogP contribution >= 0.6 is 0 Å². The molecule has 0 saturated heterocycles. The molecule has 4 aliphatic rings. The molecular formula is C16H21N. The van der Waals surface area contributed by atoms with Crippen LogP contribution in [0.5, 0.6) is 0 Å². The Morgan fingerprint density at radius 2 is 1.59 bits per heavy atom. The Morgan fingerprint density at radius 3 is 2.12 bits per heavy atom. The second-order valence-electron chi connectivity index (χ2n) is 6.33. The summed E-state index contributed by atoms with van der Waals surface area (Å²) in [7, 11) is 0. The summed E-state index contributed by atoms with van der Waals surface area (Å²) in [6.45, 7) is 0. The van der Waals surface area contributed by atoms with Crippen molar-refractivity contribution in [1.29, 1.82) is 0 Å². The molecule has 0 aromatic rings.